The van der Waals surface area contributed by atoms with Crippen LogP contribution < -0.4 is 10.1 Å². The summed E-state index contributed by atoms with van der Waals surface area (Å²) in [4.78, 5) is 12.6. The van der Waals surface area contributed by atoms with Crippen molar-refractivity contribution in [2.75, 3.05) is 23.9 Å². The van der Waals surface area contributed by atoms with Gasteiger partial charge in [0.05, 0.1) is 24.7 Å². The average molecular weight is 375 g/mol. The van der Waals surface area contributed by atoms with Crippen molar-refractivity contribution >= 4 is 21.4 Å². The molecule has 1 atom stereocenters. The zero-order chi connectivity index (χ0) is 18.3. The molecular weight excluding hydrogens is 354 g/mol. The van der Waals surface area contributed by atoms with E-state index in [1.807, 2.05) is 0 Å². The standard InChI is InChI=1S/C18H21N3O4S/c1-25-15-4-2-3-13(9-15)19-18(22)16-10-17(12-5-6-12)21(20-16)14-7-8-26(23,24)11-14/h2-4,9-10,12,14H,5-8,11H2,1H3,(H,19,22)/t14-/m1/s1. The molecule has 2 fully saturated rings. The lowest BCUT2D eigenvalue weighted by atomic mass is 10.2. The molecular formula is C18H21N3O4S. The summed E-state index contributed by atoms with van der Waals surface area (Å²) in [7, 11) is -1.44. The number of ether oxygens (including phenoxy) is 1. The third kappa shape index (κ3) is 3.46. The fraction of sp³-hybridized carbons (Fsp3) is 0.444. The van der Waals surface area contributed by atoms with Crippen LogP contribution in [0, 0.1) is 0 Å². The zero-order valence-corrected chi connectivity index (χ0v) is 15.3. The quantitative estimate of drug-likeness (QED) is 0.866. The third-order valence-electron chi connectivity index (χ3n) is 4.87. The molecule has 0 bridgehead atoms. The molecule has 26 heavy (non-hydrogen) atoms. The highest BCUT2D eigenvalue weighted by Gasteiger charge is 2.36. The van der Waals surface area contributed by atoms with Crippen molar-refractivity contribution in [1.82, 2.24) is 9.78 Å². The van der Waals surface area contributed by atoms with Gasteiger partial charge in [-0.1, -0.05) is 6.07 Å². The molecule has 8 heteroatoms. The van der Waals surface area contributed by atoms with Crippen molar-refractivity contribution in [3.8, 4) is 5.75 Å². The summed E-state index contributed by atoms with van der Waals surface area (Å²) in [6.07, 6.45) is 2.67. The Morgan fingerprint density at radius 3 is 2.73 bits per heavy atom. The number of carbonyl (C=O) groups excluding carboxylic acids is 1. The summed E-state index contributed by atoms with van der Waals surface area (Å²) in [5.41, 5.74) is 1.92. The van der Waals surface area contributed by atoms with E-state index in [9.17, 15) is 13.2 Å². The number of methoxy groups -OCH3 is 1. The second kappa shape index (κ2) is 6.42. The summed E-state index contributed by atoms with van der Waals surface area (Å²) in [6.45, 7) is 0. The summed E-state index contributed by atoms with van der Waals surface area (Å²) in [5.74, 6) is 1.02. The number of hydrogen-bond donors (Lipinski definition) is 1. The summed E-state index contributed by atoms with van der Waals surface area (Å²) in [6, 6.07) is 8.75. The highest BCUT2D eigenvalue weighted by Crippen LogP contribution is 2.42. The lowest BCUT2D eigenvalue weighted by Crippen LogP contribution is -2.17. The monoisotopic (exact) mass is 375 g/mol. The summed E-state index contributed by atoms with van der Waals surface area (Å²) < 4.78 is 30.6. The van der Waals surface area contributed by atoms with E-state index in [1.54, 1.807) is 42.1 Å². The van der Waals surface area contributed by atoms with Crippen molar-refractivity contribution in [3.63, 3.8) is 0 Å². The van der Waals surface area contributed by atoms with Crippen LogP contribution in [0.2, 0.25) is 0 Å². The van der Waals surface area contributed by atoms with Crippen LogP contribution in [0.3, 0.4) is 0 Å². The second-order valence-electron chi connectivity index (χ2n) is 6.92. The van der Waals surface area contributed by atoms with Crippen molar-refractivity contribution in [1.29, 1.82) is 0 Å². The van der Waals surface area contributed by atoms with Crippen molar-refractivity contribution in [3.05, 3.63) is 41.7 Å². The number of nitrogens with one attached hydrogen (secondary N) is 1. The Morgan fingerprint density at radius 1 is 1.27 bits per heavy atom. The first-order chi connectivity index (χ1) is 12.4. The Labute approximate surface area is 152 Å². The van der Waals surface area contributed by atoms with Crippen molar-refractivity contribution in [2.24, 2.45) is 0 Å². The van der Waals surface area contributed by atoms with Crippen LogP contribution in [-0.4, -0.2) is 42.7 Å². The number of nitrogens with zero attached hydrogens (tertiary/aromatic N) is 2. The first-order valence-corrected chi connectivity index (χ1v) is 10.5. The third-order valence-corrected chi connectivity index (χ3v) is 6.63. The SMILES string of the molecule is COc1cccc(NC(=O)c2cc(C3CC3)n([C@@H]3CCS(=O)(=O)C3)n2)c1. The van der Waals surface area contributed by atoms with Crippen LogP contribution in [0.4, 0.5) is 5.69 Å². The Kier molecular flexibility index (Phi) is 4.22. The molecule has 1 amide bonds. The number of amides is 1. The van der Waals surface area contributed by atoms with Gasteiger partial charge in [-0.05, 0) is 37.5 Å². The van der Waals surface area contributed by atoms with E-state index in [1.165, 1.54) is 0 Å². The molecule has 2 heterocycles. The maximum absolute atomic E-state index is 12.6. The van der Waals surface area contributed by atoms with E-state index >= 15 is 0 Å². The number of aromatic nitrogens is 2. The number of carbonyl (C=O) groups is 1. The lowest BCUT2D eigenvalue weighted by Gasteiger charge is -2.12. The topological polar surface area (TPSA) is 90.3 Å². The van der Waals surface area contributed by atoms with Gasteiger partial charge in [0.2, 0.25) is 0 Å². The predicted molar refractivity (Wildman–Crippen MR) is 97.5 cm³/mol. The van der Waals surface area contributed by atoms with E-state index < -0.39 is 9.84 Å². The zero-order valence-electron chi connectivity index (χ0n) is 14.5. The van der Waals surface area contributed by atoms with Crippen LogP contribution in [0.1, 0.15) is 47.4 Å². The minimum atomic E-state index is -3.01. The molecule has 0 unspecified atom stereocenters. The van der Waals surface area contributed by atoms with Crippen LogP contribution in [-0.2, 0) is 9.84 Å². The number of benzene rings is 1. The fourth-order valence-corrected chi connectivity index (χ4v) is 5.05. The molecule has 1 aliphatic heterocycles. The van der Waals surface area contributed by atoms with E-state index in [4.69, 9.17) is 4.74 Å². The normalized spacial score (nSPS) is 21.5. The fourth-order valence-electron chi connectivity index (χ4n) is 3.36. The van der Waals surface area contributed by atoms with E-state index in [0.717, 1.165) is 18.5 Å². The molecule has 138 valence electrons. The molecule has 1 aromatic heterocycles. The van der Waals surface area contributed by atoms with Crippen LogP contribution in [0.15, 0.2) is 30.3 Å². The number of rotatable bonds is 5. The minimum Gasteiger partial charge on any atom is -0.497 e. The van der Waals surface area contributed by atoms with Gasteiger partial charge < -0.3 is 10.1 Å². The first-order valence-electron chi connectivity index (χ1n) is 8.70. The smallest absolute Gasteiger partial charge is 0.276 e. The van der Waals surface area contributed by atoms with Gasteiger partial charge >= 0.3 is 0 Å². The van der Waals surface area contributed by atoms with E-state index in [-0.39, 0.29) is 23.5 Å². The maximum Gasteiger partial charge on any atom is 0.276 e. The largest absolute Gasteiger partial charge is 0.497 e. The first kappa shape index (κ1) is 17.1. The molecule has 2 aliphatic rings. The molecule has 0 radical (unpaired) electrons. The Morgan fingerprint density at radius 2 is 2.08 bits per heavy atom. The van der Waals surface area contributed by atoms with Crippen LogP contribution in [0.25, 0.3) is 0 Å². The highest BCUT2D eigenvalue weighted by atomic mass is 32.2. The summed E-state index contributed by atoms with van der Waals surface area (Å²) >= 11 is 0. The Bertz CT molecular complexity index is 947. The maximum atomic E-state index is 12.6. The number of sulfone groups is 1. The van der Waals surface area contributed by atoms with Gasteiger partial charge in [-0.15, -0.1) is 0 Å². The van der Waals surface area contributed by atoms with Gasteiger partial charge in [0.25, 0.3) is 5.91 Å². The van der Waals surface area contributed by atoms with Gasteiger partial charge in [0, 0.05) is 23.4 Å². The van der Waals surface area contributed by atoms with Gasteiger partial charge in [0.15, 0.2) is 15.5 Å². The highest BCUT2D eigenvalue weighted by molar-refractivity contribution is 7.91. The van der Waals surface area contributed by atoms with Crippen molar-refractivity contribution < 1.29 is 17.9 Å². The molecule has 1 aromatic carbocycles. The molecule has 1 N–H and O–H groups in total. The average Bonchev–Trinajstić information content (AvgIpc) is 3.26. The Balaban J connectivity index is 1.58. The molecule has 1 aliphatic carbocycles. The van der Waals surface area contributed by atoms with Crippen LogP contribution >= 0.6 is 0 Å². The molecule has 4 rings (SSSR count). The molecule has 0 spiro atoms. The van der Waals surface area contributed by atoms with Gasteiger partial charge in [-0.2, -0.15) is 5.10 Å². The predicted octanol–water partition coefficient (Wildman–Crippen LogP) is 2.38. The summed E-state index contributed by atoms with van der Waals surface area (Å²) in [5, 5.41) is 7.29. The molecule has 1 saturated carbocycles. The molecule has 1 saturated heterocycles. The van der Waals surface area contributed by atoms with Gasteiger partial charge in [0.1, 0.15) is 5.75 Å². The number of hydrogen-bond acceptors (Lipinski definition) is 5. The second-order valence-corrected chi connectivity index (χ2v) is 9.14. The molecule has 2 aromatic rings. The van der Waals surface area contributed by atoms with E-state index in [0.29, 0.717) is 29.5 Å². The van der Waals surface area contributed by atoms with E-state index in [2.05, 4.69) is 10.4 Å². The van der Waals surface area contributed by atoms with Gasteiger partial charge in [-0.25, -0.2) is 8.42 Å². The minimum absolute atomic E-state index is 0.103. The number of anilines is 1. The van der Waals surface area contributed by atoms with Crippen molar-refractivity contribution in [2.45, 2.75) is 31.2 Å². The lowest BCUT2D eigenvalue weighted by molar-refractivity contribution is 0.102. The van der Waals surface area contributed by atoms with Crippen LogP contribution in [0.5, 0.6) is 5.75 Å². The Hall–Kier alpha value is -2.35. The van der Waals surface area contributed by atoms with Gasteiger partial charge in [-0.3, -0.25) is 9.48 Å². The molecule has 7 nitrogen and oxygen atoms in total.